The van der Waals surface area contributed by atoms with Crippen LogP contribution >= 0.6 is 23.1 Å². The summed E-state index contributed by atoms with van der Waals surface area (Å²) in [6.07, 6.45) is 2.82. The Kier molecular flexibility index (Phi) is 5.51. The zero-order valence-electron chi connectivity index (χ0n) is 14.7. The van der Waals surface area contributed by atoms with Gasteiger partial charge in [-0.05, 0) is 30.3 Å². The van der Waals surface area contributed by atoms with E-state index in [1.54, 1.807) is 36.4 Å². The molecular formula is C18H14N4O4S3. The molecule has 0 atom stereocenters. The minimum atomic E-state index is -3.66. The molecule has 2 aromatic carbocycles. The molecule has 0 bridgehead atoms. The number of hydrogen-bond donors (Lipinski definition) is 2. The highest BCUT2D eigenvalue weighted by Gasteiger charge is 2.15. The number of benzene rings is 2. The Balaban J connectivity index is 1.44. The Morgan fingerprint density at radius 3 is 2.76 bits per heavy atom. The maximum Gasteiger partial charge on any atom is 0.301 e. The van der Waals surface area contributed by atoms with Crippen LogP contribution < -0.4 is 10.0 Å². The summed E-state index contributed by atoms with van der Waals surface area (Å²) >= 11 is 2.66. The smallest absolute Gasteiger partial charge is 0.301 e. The topological polar surface area (TPSA) is 114 Å². The maximum absolute atomic E-state index is 12.5. The fourth-order valence-electron chi connectivity index (χ4n) is 2.41. The van der Waals surface area contributed by atoms with Gasteiger partial charge in [0.25, 0.3) is 10.0 Å². The number of anilines is 2. The Labute approximate surface area is 174 Å². The zero-order chi connectivity index (χ0) is 20.3. The van der Waals surface area contributed by atoms with E-state index < -0.39 is 10.0 Å². The molecule has 2 N–H and O–H groups in total. The molecule has 0 spiro atoms. The van der Waals surface area contributed by atoms with Crippen molar-refractivity contribution in [2.24, 2.45) is 0 Å². The quantitative estimate of drug-likeness (QED) is 0.415. The summed E-state index contributed by atoms with van der Waals surface area (Å²) in [6.45, 7) is 0. The van der Waals surface area contributed by atoms with Gasteiger partial charge in [0, 0.05) is 0 Å². The number of thiazole rings is 1. The number of oxazole rings is 1. The van der Waals surface area contributed by atoms with E-state index in [9.17, 15) is 13.2 Å². The van der Waals surface area contributed by atoms with E-state index in [0.29, 0.717) is 10.0 Å². The van der Waals surface area contributed by atoms with Crippen molar-refractivity contribution >= 4 is 60.9 Å². The molecule has 0 saturated carbocycles. The fraction of sp³-hybridized carbons (Fsp3) is 0.0556. The largest absolute Gasteiger partial charge is 0.432 e. The molecule has 4 rings (SSSR count). The lowest BCUT2D eigenvalue weighted by Gasteiger charge is -2.07. The summed E-state index contributed by atoms with van der Waals surface area (Å²) in [6, 6.07) is 13.4. The first kappa shape index (κ1) is 19.4. The van der Waals surface area contributed by atoms with E-state index in [1.165, 1.54) is 47.7 Å². The number of sulfonamides is 1. The van der Waals surface area contributed by atoms with Crippen LogP contribution in [0.2, 0.25) is 0 Å². The summed E-state index contributed by atoms with van der Waals surface area (Å²) in [5.41, 5.74) is 1.18. The first-order valence-corrected chi connectivity index (χ1v) is 11.6. The van der Waals surface area contributed by atoms with Gasteiger partial charge in [0.05, 0.1) is 32.7 Å². The molecular weight excluding hydrogens is 432 g/mol. The molecule has 148 valence electrons. The molecule has 0 fully saturated rings. The molecule has 2 aromatic heterocycles. The van der Waals surface area contributed by atoms with Gasteiger partial charge in [-0.15, -0.1) is 11.3 Å². The lowest BCUT2D eigenvalue weighted by atomic mass is 10.3. The summed E-state index contributed by atoms with van der Waals surface area (Å²) in [4.78, 5) is 20.4. The summed E-state index contributed by atoms with van der Waals surface area (Å²) in [7, 11) is -3.66. The third kappa shape index (κ3) is 4.75. The molecule has 0 unspecified atom stereocenters. The van der Waals surface area contributed by atoms with Crippen LogP contribution in [0.4, 0.5) is 11.7 Å². The second-order valence-corrected chi connectivity index (χ2v) is 9.69. The van der Waals surface area contributed by atoms with Gasteiger partial charge in [-0.2, -0.15) is 0 Å². The third-order valence-electron chi connectivity index (χ3n) is 3.68. The van der Waals surface area contributed by atoms with Crippen LogP contribution in [0.15, 0.2) is 74.6 Å². The minimum absolute atomic E-state index is 0.148. The number of rotatable bonds is 7. The van der Waals surface area contributed by atoms with Gasteiger partial charge in [-0.25, -0.2) is 18.4 Å². The lowest BCUT2D eigenvalue weighted by Crippen LogP contribution is -2.14. The molecule has 0 radical (unpaired) electrons. The standard InChI is InChI=1S/C18H14N4O4S3/c23-16(21-17-19-8-9-26-17)11-27-18-20-14-7-6-12(10-15(14)28-18)22-29(24,25)13-4-2-1-3-5-13/h1-10,22H,11H2,(H,19,21,23). The highest BCUT2D eigenvalue weighted by atomic mass is 32.2. The van der Waals surface area contributed by atoms with Crippen molar-refractivity contribution < 1.29 is 17.6 Å². The average molecular weight is 447 g/mol. The number of carbonyl (C=O) groups excluding carboxylic acids is 1. The Morgan fingerprint density at radius 2 is 2.00 bits per heavy atom. The van der Waals surface area contributed by atoms with Crippen LogP contribution in [-0.2, 0) is 14.8 Å². The zero-order valence-corrected chi connectivity index (χ0v) is 17.2. The van der Waals surface area contributed by atoms with Crippen LogP contribution in [0.25, 0.3) is 10.2 Å². The van der Waals surface area contributed by atoms with Crippen molar-refractivity contribution in [3.8, 4) is 0 Å². The number of thioether (sulfide) groups is 1. The number of nitrogens with one attached hydrogen (secondary N) is 2. The lowest BCUT2D eigenvalue weighted by molar-refractivity contribution is -0.113. The molecule has 11 heteroatoms. The van der Waals surface area contributed by atoms with E-state index in [-0.39, 0.29) is 22.6 Å². The SMILES string of the molecule is O=C(CSc1nc2ccc(NS(=O)(=O)c3ccccc3)cc2s1)Nc1ncco1. The summed E-state index contributed by atoms with van der Waals surface area (Å²) in [5, 5.41) is 2.54. The Hall–Kier alpha value is -2.89. The molecule has 0 aliphatic carbocycles. The normalized spacial score (nSPS) is 11.4. The number of hydrogen-bond acceptors (Lipinski definition) is 8. The number of fused-ring (bicyclic) bond motifs is 1. The average Bonchev–Trinajstić information content (AvgIpc) is 3.36. The van der Waals surface area contributed by atoms with Gasteiger partial charge in [-0.3, -0.25) is 14.8 Å². The van der Waals surface area contributed by atoms with Crippen molar-refractivity contribution in [3.05, 3.63) is 61.0 Å². The Bertz CT molecular complexity index is 1240. The van der Waals surface area contributed by atoms with Gasteiger partial charge in [0.15, 0.2) is 4.34 Å². The predicted molar refractivity (Wildman–Crippen MR) is 113 cm³/mol. The fourth-order valence-corrected chi connectivity index (χ4v) is 5.39. The molecule has 1 amide bonds. The molecule has 8 nitrogen and oxygen atoms in total. The van der Waals surface area contributed by atoms with E-state index >= 15 is 0 Å². The monoisotopic (exact) mass is 446 g/mol. The van der Waals surface area contributed by atoms with Crippen molar-refractivity contribution in [3.63, 3.8) is 0 Å². The minimum Gasteiger partial charge on any atom is -0.432 e. The van der Waals surface area contributed by atoms with Crippen molar-refractivity contribution in [1.82, 2.24) is 9.97 Å². The van der Waals surface area contributed by atoms with Crippen LogP contribution in [0.5, 0.6) is 0 Å². The second-order valence-electron chi connectivity index (χ2n) is 5.75. The highest BCUT2D eigenvalue weighted by molar-refractivity contribution is 8.01. The molecule has 4 aromatic rings. The van der Waals surface area contributed by atoms with E-state index in [2.05, 4.69) is 20.0 Å². The summed E-state index contributed by atoms with van der Waals surface area (Å²) < 4.78 is 34.0. The van der Waals surface area contributed by atoms with Gasteiger partial charge in [0.1, 0.15) is 6.26 Å². The number of amides is 1. The predicted octanol–water partition coefficient (Wildman–Crippen LogP) is 3.82. The molecule has 29 heavy (non-hydrogen) atoms. The van der Waals surface area contributed by atoms with E-state index in [0.717, 1.165) is 10.2 Å². The van der Waals surface area contributed by atoms with Crippen molar-refractivity contribution in [1.29, 1.82) is 0 Å². The highest BCUT2D eigenvalue weighted by Crippen LogP contribution is 2.31. The molecule has 0 aliphatic heterocycles. The third-order valence-corrected chi connectivity index (χ3v) is 7.24. The van der Waals surface area contributed by atoms with E-state index in [4.69, 9.17) is 4.42 Å². The molecule has 0 aliphatic rings. The van der Waals surface area contributed by atoms with Crippen LogP contribution in [0, 0.1) is 0 Å². The second kappa shape index (κ2) is 8.23. The Morgan fingerprint density at radius 1 is 1.17 bits per heavy atom. The first-order valence-electron chi connectivity index (χ1n) is 8.30. The van der Waals surface area contributed by atoms with Crippen LogP contribution in [0.1, 0.15) is 0 Å². The number of aromatic nitrogens is 2. The van der Waals surface area contributed by atoms with Crippen LogP contribution in [-0.4, -0.2) is 30.0 Å². The summed E-state index contributed by atoms with van der Waals surface area (Å²) in [5.74, 6) is -0.108. The molecule has 2 heterocycles. The molecule has 0 saturated heterocycles. The van der Waals surface area contributed by atoms with Gasteiger partial charge in [-0.1, -0.05) is 30.0 Å². The first-order chi connectivity index (χ1) is 14.0. The van der Waals surface area contributed by atoms with Crippen LogP contribution in [0.3, 0.4) is 0 Å². The van der Waals surface area contributed by atoms with Gasteiger partial charge in [0.2, 0.25) is 5.91 Å². The van der Waals surface area contributed by atoms with Gasteiger partial charge < -0.3 is 4.42 Å². The van der Waals surface area contributed by atoms with Gasteiger partial charge >= 0.3 is 6.01 Å². The number of nitrogens with zero attached hydrogens (tertiary/aromatic N) is 2. The van der Waals surface area contributed by atoms with Crippen molar-refractivity contribution in [2.45, 2.75) is 9.24 Å². The van der Waals surface area contributed by atoms with E-state index in [1.807, 2.05) is 0 Å². The number of carbonyl (C=O) groups is 1. The maximum atomic E-state index is 12.5. The van der Waals surface area contributed by atoms with Crippen molar-refractivity contribution in [2.75, 3.05) is 15.8 Å².